The van der Waals surface area contributed by atoms with Crippen molar-refractivity contribution >= 4 is 0 Å². The average molecular weight is 340 g/mol. The fourth-order valence-electron chi connectivity index (χ4n) is 3.02. The van der Waals surface area contributed by atoms with Gasteiger partial charge in [0, 0.05) is 11.8 Å². The van der Waals surface area contributed by atoms with Gasteiger partial charge in [0.25, 0.3) is 0 Å². The van der Waals surface area contributed by atoms with E-state index in [-0.39, 0.29) is 0 Å². The summed E-state index contributed by atoms with van der Waals surface area (Å²) in [6.07, 6.45) is 2.23. The highest BCUT2D eigenvalue weighted by molar-refractivity contribution is 5.28. The zero-order valence-electron chi connectivity index (χ0n) is 16.9. The Morgan fingerprint density at radius 1 is 0.720 bits per heavy atom. The third-order valence-electron chi connectivity index (χ3n) is 4.92. The first-order valence-corrected chi connectivity index (χ1v) is 9.60. The molecule has 1 aromatic carbocycles. The zero-order chi connectivity index (χ0) is 18.6. The van der Waals surface area contributed by atoms with Crippen LogP contribution in [-0.2, 0) is 0 Å². The standard InChI is InChI=1S/C22H33N3/c1-14(2)19-9-8-10-20(13-19)16(5)11-12-17(6)22-24-18(7)23-21(25-22)15(3)4/h8-10,13-17H,11-12H2,1-7H3. The molecule has 0 aliphatic heterocycles. The highest BCUT2D eigenvalue weighted by atomic mass is 15.0. The molecule has 0 saturated heterocycles. The van der Waals surface area contributed by atoms with E-state index in [9.17, 15) is 0 Å². The van der Waals surface area contributed by atoms with Gasteiger partial charge in [-0.05, 0) is 42.7 Å². The molecule has 0 spiro atoms. The van der Waals surface area contributed by atoms with Gasteiger partial charge in [0.1, 0.15) is 17.5 Å². The number of aromatic nitrogens is 3. The second-order valence-corrected chi connectivity index (χ2v) is 7.96. The molecule has 0 saturated carbocycles. The summed E-state index contributed by atoms with van der Waals surface area (Å²) in [4.78, 5) is 13.7. The van der Waals surface area contributed by atoms with Gasteiger partial charge < -0.3 is 0 Å². The number of aryl methyl sites for hydroxylation is 1. The minimum atomic E-state index is 0.338. The lowest BCUT2D eigenvalue weighted by molar-refractivity contribution is 0.545. The van der Waals surface area contributed by atoms with E-state index in [0.29, 0.717) is 23.7 Å². The Hall–Kier alpha value is -1.77. The number of nitrogens with zero attached hydrogens (tertiary/aromatic N) is 3. The molecular weight excluding hydrogens is 306 g/mol. The third-order valence-corrected chi connectivity index (χ3v) is 4.92. The van der Waals surface area contributed by atoms with E-state index in [2.05, 4.69) is 75.8 Å². The molecule has 0 N–H and O–H groups in total. The first kappa shape index (κ1) is 19.6. The minimum absolute atomic E-state index is 0.338. The second-order valence-electron chi connectivity index (χ2n) is 7.96. The van der Waals surface area contributed by atoms with E-state index >= 15 is 0 Å². The van der Waals surface area contributed by atoms with Crippen LogP contribution in [0.5, 0.6) is 0 Å². The predicted molar refractivity (Wildman–Crippen MR) is 105 cm³/mol. The van der Waals surface area contributed by atoms with Crippen molar-refractivity contribution in [3.8, 4) is 0 Å². The molecule has 1 aromatic heterocycles. The van der Waals surface area contributed by atoms with E-state index < -0.39 is 0 Å². The Balaban J connectivity index is 2.04. The molecule has 0 amide bonds. The minimum Gasteiger partial charge on any atom is -0.218 e. The maximum Gasteiger partial charge on any atom is 0.135 e. The van der Waals surface area contributed by atoms with E-state index in [1.54, 1.807) is 0 Å². The summed E-state index contributed by atoms with van der Waals surface area (Å²) in [6.45, 7) is 15.3. The Kier molecular flexibility index (Phi) is 6.69. The lowest BCUT2D eigenvalue weighted by atomic mass is 9.89. The molecular formula is C22H33N3. The first-order chi connectivity index (χ1) is 11.8. The molecule has 0 aliphatic carbocycles. The topological polar surface area (TPSA) is 38.7 Å². The maximum atomic E-state index is 4.70. The first-order valence-electron chi connectivity index (χ1n) is 9.60. The van der Waals surface area contributed by atoms with E-state index in [1.807, 2.05) is 6.92 Å². The van der Waals surface area contributed by atoms with Crippen LogP contribution in [0.2, 0.25) is 0 Å². The molecule has 3 nitrogen and oxygen atoms in total. The molecule has 0 radical (unpaired) electrons. The van der Waals surface area contributed by atoms with E-state index in [4.69, 9.17) is 4.98 Å². The molecule has 2 aromatic rings. The molecule has 2 rings (SSSR count). The van der Waals surface area contributed by atoms with Gasteiger partial charge in [-0.1, -0.05) is 65.8 Å². The van der Waals surface area contributed by atoms with Gasteiger partial charge in [0.15, 0.2) is 0 Å². The molecule has 0 fully saturated rings. The summed E-state index contributed by atoms with van der Waals surface area (Å²) >= 11 is 0. The van der Waals surface area contributed by atoms with Crippen molar-refractivity contribution in [2.75, 3.05) is 0 Å². The van der Waals surface area contributed by atoms with Crippen LogP contribution in [-0.4, -0.2) is 15.0 Å². The van der Waals surface area contributed by atoms with Crippen LogP contribution >= 0.6 is 0 Å². The quantitative estimate of drug-likeness (QED) is 0.610. The third kappa shape index (κ3) is 5.35. The van der Waals surface area contributed by atoms with E-state index in [1.165, 1.54) is 11.1 Å². The highest BCUT2D eigenvalue weighted by Gasteiger charge is 2.16. The molecule has 3 heteroatoms. The van der Waals surface area contributed by atoms with Crippen molar-refractivity contribution in [1.82, 2.24) is 15.0 Å². The van der Waals surface area contributed by atoms with Gasteiger partial charge in [-0.15, -0.1) is 0 Å². The van der Waals surface area contributed by atoms with Gasteiger partial charge in [-0.25, -0.2) is 15.0 Å². The number of hydrogen-bond donors (Lipinski definition) is 0. The number of benzene rings is 1. The number of rotatable bonds is 7. The zero-order valence-corrected chi connectivity index (χ0v) is 16.9. The highest BCUT2D eigenvalue weighted by Crippen LogP contribution is 2.28. The lowest BCUT2D eigenvalue weighted by Gasteiger charge is -2.17. The van der Waals surface area contributed by atoms with Gasteiger partial charge >= 0.3 is 0 Å². The van der Waals surface area contributed by atoms with Crippen LogP contribution in [0, 0.1) is 6.92 Å². The Labute approximate surface area is 153 Å². The van der Waals surface area contributed by atoms with Crippen LogP contribution in [0.15, 0.2) is 24.3 Å². The van der Waals surface area contributed by atoms with Crippen LogP contribution in [0.25, 0.3) is 0 Å². The molecule has 0 bridgehead atoms. The Morgan fingerprint density at radius 3 is 1.96 bits per heavy atom. The van der Waals surface area contributed by atoms with Crippen molar-refractivity contribution in [2.45, 2.75) is 85.0 Å². The fourth-order valence-corrected chi connectivity index (χ4v) is 3.02. The van der Waals surface area contributed by atoms with Crippen molar-refractivity contribution < 1.29 is 0 Å². The van der Waals surface area contributed by atoms with Gasteiger partial charge in [-0.2, -0.15) is 0 Å². The molecule has 0 aliphatic rings. The fraction of sp³-hybridized carbons (Fsp3) is 0.591. The smallest absolute Gasteiger partial charge is 0.135 e. The summed E-state index contributed by atoms with van der Waals surface area (Å²) in [5.74, 6) is 4.51. The molecule has 25 heavy (non-hydrogen) atoms. The van der Waals surface area contributed by atoms with Gasteiger partial charge in [0.05, 0.1) is 0 Å². The molecule has 136 valence electrons. The second kappa shape index (κ2) is 8.55. The van der Waals surface area contributed by atoms with Crippen LogP contribution in [0.4, 0.5) is 0 Å². The van der Waals surface area contributed by atoms with Gasteiger partial charge in [-0.3, -0.25) is 0 Å². The van der Waals surface area contributed by atoms with Gasteiger partial charge in [0.2, 0.25) is 0 Å². The SMILES string of the molecule is Cc1nc(C(C)C)nc(C(C)CCC(C)c2cccc(C(C)C)c2)n1. The summed E-state index contributed by atoms with van der Waals surface area (Å²) in [5, 5.41) is 0. The summed E-state index contributed by atoms with van der Waals surface area (Å²) in [5.41, 5.74) is 2.86. The lowest BCUT2D eigenvalue weighted by Crippen LogP contribution is -2.10. The van der Waals surface area contributed by atoms with Crippen LogP contribution in [0.3, 0.4) is 0 Å². The van der Waals surface area contributed by atoms with Crippen molar-refractivity contribution in [3.05, 3.63) is 52.9 Å². The molecule has 1 heterocycles. The Bertz CT molecular complexity index is 691. The maximum absolute atomic E-state index is 4.70. The summed E-state index contributed by atoms with van der Waals surface area (Å²) in [6, 6.07) is 9.04. The molecule has 2 unspecified atom stereocenters. The summed E-state index contributed by atoms with van der Waals surface area (Å²) < 4.78 is 0. The summed E-state index contributed by atoms with van der Waals surface area (Å²) in [7, 11) is 0. The van der Waals surface area contributed by atoms with Crippen molar-refractivity contribution in [3.63, 3.8) is 0 Å². The van der Waals surface area contributed by atoms with Crippen molar-refractivity contribution in [1.29, 1.82) is 0 Å². The largest absolute Gasteiger partial charge is 0.218 e. The monoisotopic (exact) mass is 339 g/mol. The van der Waals surface area contributed by atoms with Crippen molar-refractivity contribution in [2.24, 2.45) is 0 Å². The van der Waals surface area contributed by atoms with Crippen LogP contribution in [0.1, 0.15) is 107 Å². The molecule has 2 atom stereocenters. The number of hydrogen-bond acceptors (Lipinski definition) is 3. The Morgan fingerprint density at radius 2 is 1.32 bits per heavy atom. The average Bonchev–Trinajstić information content (AvgIpc) is 2.58. The van der Waals surface area contributed by atoms with Crippen LogP contribution < -0.4 is 0 Å². The normalized spacial score (nSPS) is 14.1. The predicted octanol–water partition coefficient (Wildman–Crippen LogP) is 6.11. The van der Waals surface area contributed by atoms with E-state index in [0.717, 1.165) is 30.3 Å².